The fraction of sp³-hybridized carbons (Fsp3) is 0.296. The van der Waals surface area contributed by atoms with Crippen molar-refractivity contribution in [2.45, 2.75) is 18.7 Å². The zero-order valence-electron chi connectivity index (χ0n) is 21.9. The van der Waals surface area contributed by atoms with Gasteiger partial charge in [-0.2, -0.15) is 0 Å². The minimum absolute atomic E-state index is 0.108. The summed E-state index contributed by atoms with van der Waals surface area (Å²) in [5.41, 5.74) is 2.35. The van der Waals surface area contributed by atoms with Crippen LogP contribution in [-0.2, 0) is 14.8 Å². The third-order valence-electron chi connectivity index (χ3n) is 5.81. The number of amides is 1. The second kappa shape index (κ2) is 12.7. The van der Waals surface area contributed by atoms with Gasteiger partial charge in [-0.3, -0.25) is 9.10 Å². The smallest absolute Gasteiger partial charge is 0.265 e. The lowest BCUT2D eigenvalue weighted by Gasteiger charge is -2.26. The van der Waals surface area contributed by atoms with E-state index in [1.165, 1.54) is 51.7 Å². The average molecular weight is 563 g/mol. The molecule has 0 atom stereocenters. The predicted octanol–water partition coefficient (Wildman–Crippen LogP) is 4.37. The number of rotatable bonds is 12. The number of carbonyl (C=O) groups is 1. The molecule has 9 nitrogen and oxygen atoms in total. The van der Waals surface area contributed by atoms with E-state index in [2.05, 4.69) is 5.32 Å². The lowest BCUT2D eigenvalue weighted by molar-refractivity contribution is -0.119. The summed E-state index contributed by atoms with van der Waals surface area (Å²) < 4.78 is 50.2. The van der Waals surface area contributed by atoms with Crippen molar-refractivity contribution >= 4 is 33.2 Å². The van der Waals surface area contributed by atoms with Gasteiger partial charge in [0.2, 0.25) is 5.91 Å². The molecule has 0 aromatic heterocycles. The Morgan fingerprint density at radius 1 is 0.868 bits per heavy atom. The minimum Gasteiger partial charge on any atom is -0.495 e. The summed E-state index contributed by atoms with van der Waals surface area (Å²) in [6.07, 6.45) is 0. The summed E-state index contributed by atoms with van der Waals surface area (Å²) in [6.45, 7) is 3.84. The van der Waals surface area contributed by atoms with E-state index in [0.29, 0.717) is 11.5 Å². The number of nitrogens with zero attached hydrogens (tertiary/aromatic N) is 1. The number of hydrogen-bond acceptors (Lipinski definition) is 7. The van der Waals surface area contributed by atoms with Gasteiger partial charge < -0.3 is 24.3 Å². The highest BCUT2D eigenvalue weighted by Crippen LogP contribution is 2.37. The van der Waals surface area contributed by atoms with Gasteiger partial charge in [0.15, 0.2) is 11.5 Å². The minimum atomic E-state index is -4.27. The van der Waals surface area contributed by atoms with Crippen LogP contribution in [0.2, 0.25) is 5.02 Å². The first kappa shape index (κ1) is 28.9. The molecule has 3 rings (SSSR count). The molecule has 0 saturated heterocycles. The molecule has 1 amide bonds. The van der Waals surface area contributed by atoms with Crippen LogP contribution < -0.4 is 28.6 Å². The topological polar surface area (TPSA) is 103 Å². The van der Waals surface area contributed by atoms with Gasteiger partial charge in [-0.1, -0.05) is 17.7 Å². The van der Waals surface area contributed by atoms with Crippen molar-refractivity contribution in [1.29, 1.82) is 0 Å². The van der Waals surface area contributed by atoms with Crippen LogP contribution in [0.4, 0.5) is 5.69 Å². The Balaban J connectivity index is 1.84. The zero-order chi connectivity index (χ0) is 27.9. The standard InChI is InChI=1S/C27H31ClN2O7S/c1-18-6-8-21(14-19(18)2)37-13-12-29-27(31)17-30(23-15-20(28)7-10-24(23)34-3)38(32,33)22-9-11-25(35-4)26(16-22)36-5/h6-11,14-16H,12-13,17H2,1-5H3,(H,29,31). The van der Waals surface area contributed by atoms with E-state index in [0.717, 1.165) is 15.4 Å². The van der Waals surface area contributed by atoms with Crippen molar-refractivity contribution in [2.75, 3.05) is 45.3 Å². The molecule has 0 heterocycles. The summed E-state index contributed by atoms with van der Waals surface area (Å²) in [4.78, 5) is 12.8. The Morgan fingerprint density at radius 2 is 1.55 bits per heavy atom. The lowest BCUT2D eigenvalue weighted by Crippen LogP contribution is -2.42. The van der Waals surface area contributed by atoms with Gasteiger partial charge in [-0.15, -0.1) is 0 Å². The van der Waals surface area contributed by atoms with Crippen molar-refractivity contribution in [2.24, 2.45) is 0 Å². The monoisotopic (exact) mass is 562 g/mol. The number of sulfonamides is 1. The highest BCUT2D eigenvalue weighted by Gasteiger charge is 2.30. The van der Waals surface area contributed by atoms with E-state index >= 15 is 0 Å². The van der Waals surface area contributed by atoms with Gasteiger partial charge in [-0.05, 0) is 67.4 Å². The number of anilines is 1. The molecule has 0 saturated carbocycles. The first-order valence-electron chi connectivity index (χ1n) is 11.7. The molecular formula is C27H31ClN2O7S. The predicted molar refractivity (Wildman–Crippen MR) is 147 cm³/mol. The van der Waals surface area contributed by atoms with Crippen LogP contribution in [0.1, 0.15) is 11.1 Å². The van der Waals surface area contributed by atoms with Gasteiger partial charge in [-0.25, -0.2) is 8.42 Å². The van der Waals surface area contributed by atoms with Crippen LogP contribution in [-0.4, -0.2) is 55.4 Å². The van der Waals surface area contributed by atoms with Gasteiger partial charge in [0.25, 0.3) is 10.0 Å². The maximum atomic E-state index is 13.8. The molecule has 1 N–H and O–H groups in total. The number of methoxy groups -OCH3 is 3. The Kier molecular flexibility index (Phi) is 9.71. The van der Waals surface area contributed by atoms with Gasteiger partial charge in [0.1, 0.15) is 24.7 Å². The quantitative estimate of drug-likeness (QED) is 0.327. The maximum Gasteiger partial charge on any atom is 0.265 e. The molecule has 3 aromatic rings. The van der Waals surface area contributed by atoms with E-state index in [9.17, 15) is 13.2 Å². The van der Waals surface area contributed by atoms with E-state index in [1.807, 2.05) is 32.0 Å². The van der Waals surface area contributed by atoms with Crippen molar-refractivity contribution in [1.82, 2.24) is 5.32 Å². The second-order valence-corrected chi connectivity index (χ2v) is 10.6. The summed E-state index contributed by atoms with van der Waals surface area (Å²) >= 11 is 6.19. The molecule has 0 bridgehead atoms. The summed E-state index contributed by atoms with van der Waals surface area (Å²) in [5.74, 6) is 0.951. The molecule has 0 unspecified atom stereocenters. The van der Waals surface area contributed by atoms with Crippen LogP contribution >= 0.6 is 11.6 Å². The van der Waals surface area contributed by atoms with Crippen molar-refractivity contribution in [3.05, 3.63) is 70.7 Å². The van der Waals surface area contributed by atoms with Crippen molar-refractivity contribution in [3.8, 4) is 23.0 Å². The molecule has 204 valence electrons. The van der Waals surface area contributed by atoms with E-state index < -0.39 is 22.5 Å². The normalized spacial score (nSPS) is 11.0. The number of aryl methyl sites for hydroxylation is 2. The fourth-order valence-corrected chi connectivity index (χ4v) is 5.22. The lowest BCUT2D eigenvalue weighted by atomic mass is 10.1. The van der Waals surface area contributed by atoms with E-state index in [-0.39, 0.29) is 40.3 Å². The zero-order valence-corrected chi connectivity index (χ0v) is 23.5. The Hall–Kier alpha value is -3.63. The molecule has 0 aliphatic carbocycles. The molecule has 38 heavy (non-hydrogen) atoms. The summed E-state index contributed by atoms with van der Waals surface area (Å²) in [5, 5.41) is 2.98. The number of benzene rings is 3. The van der Waals surface area contributed by atoms with E-state index in [4.69, 9.17) is 30.5 Å². The summed E-state index contributed by atoms with van der Waals surface area (Å²) in [7, 11) is -0.0207. The fourth-order valence-electron chi connectivity index (χ4n) is 3.61. The number of hydrogen-bond donors (Lipinski definition) is 1. The van der Waals surface area contributed by atoms with Gasteiger partial charge in [0, 0.05) is 11.1 Å². The number of carbonyl (C=O) groups excluding carboxylic acids is 1. The maximum absolute atomic E-state index is 13.8. The molecular weight excluding hydrogens is 532 g/mol. The van der Waals surface area contributed by atoms with Crippen molar-refractivity contribution < 1.29 is 32.2 Å². The molecule has 0 fully saturated rings. The molecule has 0 aliphatic heterocycles. The van der Waals surface area contributed by atoms with Crippen LogP contribution in [0, 0.1) is 13.8 Å². The Morgan fingerprint density at radius 3 is 2.21 bits per heavy atom. The molecule has 0 spiro atoms. The molecule has 0 aliphatic rings. The Bertz CT molecular complexity index is 1400. The van der Waals surface area contributed by atoms with Crippen LogP contribution in [0.15, 0.2) is 59.5 Å². The third-order valence-corrected chi connectivity index (χ3v) is 7.80. The van der Waals surface area contributed by atoms with Gasteiger partial charge >= 0.3 is 0 Å². The SMILES string of the molecule is COc1ccc(S(=O)(=O)N(CC(=O)NCCOc2ccc(C)c(C)c2)c2cc(Cl)ccc2OC)cc1OC. The van der Waals surface area contributed by atoms with Crippen LogP contribution in [0.3, 0.4) is 0 Å². The average Bonchev–Trinajstić information content (AvgIpc) is 2.91. The van der Waals surface area contributed by atoms with Crippen molar-refractivity contribution in [3.63, 3.8) is 0 Å². The van der Waals surface area contributed by atoms with Crippen LogP contribution in [0.5, 0.6) is 23.0 Å². The second-order valence-electron chi connectivity index (χ2n) is 8.29. The molecule has 3 aromatic carbocycles. The van der Waals surface area contributed by atoms with Gasteiger partial charge in [0.05, 0.1) is 38.5 Å². The third kappa shape index (κ3) is 6.81. The first-order valence-corrected chi connectivity index (χ1v) is 13.5. The number of halogens is 1. The van der Waals surface area contributed by atoms with Crippen LogP contribution in [0.25, 0.3) is 0 Å². The highest BCUT2D eigenvalue weighted by atomic mass is 35.5. The highest BCUT2D eigenvalue weighted by molar-refractivity contribution is 7.92. The largest absolute Gasteiger partial charge is 0.495 e. The van der Waals surface area contributed by atoms with E-state index in [1.54, 1.807) is 6.07 Å². The Labute approximate surface area is 228 Å². The molecule has 0 radical (unpaired) electrons. The summed E-state index contributed by atoms with van der Waals surface area (Å²) in [6, 6.07) is 14.4. The number of nitrogens with one attached hydrogen (secondary N) is 1. The first-order chi connectivity index (χ1) is 18.1. The number of ether oxygens (including phenoxy) is 4. The molecule has 11 heteroatoms.